The molecule has 2 aliphatic rings. The van der Waals surface area contributed by atoms with Gasteiger partial charge in [-0.25, -0.2) is 4.39 Å². The molecule has 2 aliphatic heterocycles. The van der Waals surface area contributed by atoms with Crippen LogP contribution in [0.15, 0.2) is 54.6 Å². The number of hydrogen-bond acceptors (Lipinski definition) is 5. The van der Waals surface area contributed by atoms with Crippen LogP contribution in [0.1, 0.15) is 30.9 Å². The second-order valence-electron chi connectivity index (χ2n) is 8.79. The summed E-state index contributed by atoms with van der Waals surface area (Å²) in [5.41, 5.74) is 0.442. The van der Waals surface area contributed by atoms with Crippen molar-refractivity contribution in [2.75, 3.05) is 26.2 Å². The summed E-state index contributed by atoms with van der Waals surface area (Å²) in [5, 5.41) is 11.3. The molecule has 2 saturated heterocycles. The molecule has 0 aromatic heterocycles. The average molecular weight is 454 g/mol. The maximum atomic E-state index is 14.4. The highest BCUT2D eigenvalue weighted by molar-refractivity contribution is 5.73. The third-order valence-corrected chi connectivity index (χ3v) is 6.42. The van der Waals surface area contributed by atoms with Crippen molar-refractivity contribution in [3.63, 3.8) is 0 Å². The first-order valence-electron chi connectivity index (χ1n) is 11.2. The van der Waals surface area contributed by atoms with Crippen molar-refractivity contribution in [1.82, 2.24) is 9.80 Å². The van der Waals surface area contributed by atoms with Gasteiger partial charge >= 0.3 is 0 Å². The fraction of sp³-hybridized carbons (Fsp3) is 0.400. The minimum Gasteiger partial charge on any atom is -0.365 e. The maximum Gasteiger partial charge on any atom is 0.279 e. The van der Waals surface area contributed by atoms with Gasteiger partial charge in [-0.15, -0.1) is 0 Å². The van der Waals surface area contributed by atoms with Crippen LogP contribution in [0.3, 0.4) is 0 Å². The number of amides is 1. The number of carbonyl (C=O) groups excluding carboxylic acids is 1. The van der Waals surface area contributed by atoms with Crippen LogP contribution in [0, 0.1) is 15.9 Å². The van der Waals surface area contributed by atoms with E-state index in [1.165, 1.54) is 29.8 Å². The van der Waals surface area contributed by atoms with Gasteiger partial charge in [0.1, 0.15) is 5.82 Å². The first-order valence-corrected chi connectivity index (χ1v) is 11.2. The van der Waals surface area contributed by atoms with Crippen LogP contribution in [0.25, 0.3) is 6.08 Å². The molecule has 2 fully saturated rings. The summed E-state index contributed by atoms with van der Waals surface area (Å²) in [6.45, 7) is 4.90. The van der Waals surface area contributed by atoms with Gasteiger partial charge in [0.05, 0.1) is 22.2 Å². The minimum absolute atomic E-state index is 0.0493. The molecule has 2 aromatic carbocycles. The third kappa shape index (κ3) is 5.46. The lowest BCUT2D eigenvalue weighted by Crippen LogP contribution is -2.59. The van der Waals surface area contributed by atoms with E-state index in [0.29, 0.717) is 32.5 Å². The van der Waals surface area contributed by atoms with Crippen molar-refractivity contribution >= 4 is 17.7 Å². The van der Waals surface area contributed by atoms with Crippen LogP contribution in [0.5, 0.6) is 0 Å². The Morgan fingerprint density at radius 1 is 1.21 bits per heavy atom. The van der Waals surface area contributed by atoms with E-state index in [2.05, 4.69) is 17.0 Å². The second-order valence-corrected chi connectivity index (χ2v) is 8.79. The smallest absolute Gasteiger partial charge is 0.279 e. The van der Waals surface area contributed by atoms with Crippen LogP contribution in [-0.2, 0) is 16.1 Å². The quantitative estimate of drug-likeness (QED) is 0.505. The zero-order chi connectivity index (χ0) is 23.4. The van der Waals surface area contributed by atoms with Gasteiger partial charge in [0.25, 0.3) is 5.69 Å². The zero-order valence-corrected chi connectivity index (χ0v) is 18.7. The molecule has 1 atom stereocenters. The monoisotopic (exact) mass is 453 g/mol. The summed E-state index contributed by atoms with van der Waals surface area (Å²) < 4.78 is 20.9. The Balaban J connectivity index is 1.57. The molecule has 1 amide bonds. The first kappa shape index (κ1) is 23.1. The normalized spacial score (nSPS) is 20.9. The van der Waals surface area contributed by atoms with E-state index in [1.54, 1.807) is 13.0 Å². The van der Waals surface area contributed by atoms with E-state index in [1.807, 2.05) is 23.1 Å². The molecule has 0 unspecified atom stereocenters. The Morgan fingerprint density at radius 3 is 2.61 bits per heavy atom. The van der Waals surface area contributed by atoms with E-state index in [4.69, 9.17) is 4.74 Å². The number of hydrogen-bond donors (Lipinski definition) is 0. The predicted octanol–water partition coefficient (Wildman–Crippen LogP) is 4.03. The van der Waals surface area contributed by atoms with Crippen LogP contribution >= 0.6 is 0 Å². The van der Waals surface area contributed by atoms with E-state index in [0.717, 1.165) is 13.1 Å². The van der Waals surface area contributed by atoms with Crippen molar-refractivity contribution in [3.05, 3.63) is 81.7 Å². The molecule has 4 rings (SSSR count). The Kier molecular flexibility index (Phi) is 6.85. The fourth-order valence-corrected chi connectivity index (χ4v) is 4.74. The Morgan fingerprint density at radius 2 is 1.94 bits per heavy atom. The highest BCUT2D eigenvalue weighted by Gasteiger charge is 2.42. The van der Waals surface area contributed by atoms with E-state index in [-0.39, 0.29) is 23.3 Å². The number of carbonyl (C=O) groups is 1. The Bertz CT molecular complexity index is 1040. The van der Waals surface area contributed by atoms with Crippen LogP contribution in [-0.4, -0.2) is 58.5 Å². The number of nitro groups is 1. The largest absolute Gasteiger partial charge is 0.365 e. The molecule has 0 N–H and O–H groups in total. The van der Waals surface area contributed by atoms with Gasteiger partial charge < -0.3 is 9.64 Å². The summed E-state index contributed by atoms with van der Waals surface area (Å²) in [7, 11) is 0. The summed E-state index contributed by atoms with van der Waals surface area (Å²) in [4.78, 5) is 26.7. The van der Waals surface area contributed by atoms with Gasteiger partial charge in [-0.05, 0) is 30.5 Å². The second kappa shape index (κ2) is 9.80. The molecule has 0 saturated carbocycles. The van der Waals surface area contributed by atoms with E-state index >= 15 is 0 Å². The summed E-state index contributed by atoms with van der Waals surface area (Å²) in [6.07, 6.45) is 4.25. The van der Waals surface area contributed by atoms with Gasteiger partial charge in [0.15, 0.2) is 0 Å². The highest BCUT2D eigenvalue weighted by atomic mass is 19.1. The van der Waals surface area contributed by atoms with Crippen LogP contribution < -0.4 is 0 Å². The predicted molar refractivity (Wildman–Crippen MR) is 123 cm³/mol. The number of halogens is 1. The van der Waals surface area contributed by atoms with Crippen molar-refractivity contribution in [1.29, 1.82) is 0 Å². The average Bonchev–Trinajstić information content (AvgIpc) is 2.79. The SMILES string of the molecule is CC(=O)N1CCC2(CC1)CN(Cc1ccccc1)C[C@@H](C=Cc1c(F)cccc1[N+](=O)[O-])O2. The van der Waals surface area contributed by atoms with Gasteiger partial charge in [-0.1, -0.05) is 42.5 Å². The molecule has 174 valence electrons. The van der Waals surface area contributed by atoms with Crippen molar-refractivity contribution in [3.8, 4) is 0 Å². The molecule has 1 spiro atoms. The molecule has 8 heteroatoms. The Labute approximate surface area is 192 Å². The van der Waals surface area contributed by atoms with Gasteiger partial charge in [0, 0.05) is 45.7 Å². The van der Waals surface area contributed by atoms with Crippen LogP contribution in [0.4, 0.5) is 10.1 Å². The van der Waals surface area contributed by atoms with Crippen molar-refractivity contribution < 1.29 is 18.8 Å². The number of morpholine rings is 1. The number of ether oxygens (including phenoxy) is 1. The number of benzene rings is 2. The lowest BCUT2D eigenvalue weighted by Gasteiger charge is -2.49. The molecule has 7 nitrogen and oxygen atoms in total. The fourth-order valence-electron chi connectivity index (χ4n) is 4.74. The zero-order valence-electron chi connectivity index (χ0n) is 18.7. The molecule has 0 aliphatic carbocycles. The van der Waals surface area contributed by atoms with Crippen LogP contribution in [0.2, 0.25) is 0 Å². The molecule has 2 aromatic rings. The standard InChI is InChI=1S/C25H28FN3O4/c1-19(30)28-14-12-25(13-15-28)18-27(16-20-6-3-2-4-7-20)17-21(33-25)10-11-22-23(26)8-5-9-24(22)29(31)32/h2-11,21H,12-18H2,1H3/t21-/m1/s1. The number of nitro benzene ring substituents is 1. The van der Waals surface area contributed by atoms with Crippen molar-refractivity contribution in [2.45, 2.75) is 38.0 Å². The third-order valence-electron chi connectivity index (χ3n) is 6.42. The molecule has 2 heterocycles. The first-order chi connectivity index (χ1) is 15.8. The van der Waals surface area contributed by atoms with Gasteiger partial charge in [0.2, 0.25) is 5.91 Å². The maximum absolute atomic E-state index is 14.4. The molecule has 0 bridgehead atoms. The number of piperidine rings is 1. The summed E-state index contributed by atoms with van der Waals surface area (Å²) in [5.74, 6) is -0.577. The van der Waals surface area contributed by atoms with Gasteiger partial charge in [-0.3, -0.25) is 19.8 Å². The van der Waals surface area contributed by atoms with E-state index < -0.39 is 16.3 Å². The summed E-state index contributed by atoms with van der Waals surface area (Å²) in [6, 6.07) is 14.0. The molecular weight excluding hydrogens is 425 g/mol. The van der Waals surface area contributed by atoms with Crippen molar-refractivity contribution in [2.24, 2.45) is 0 Å². The molecule has 0 radical (unpaired) electrons. The lowest BCUT2D eigenvalue weighted by atomic mass is 9.88. The minimum atomic E-state index is -0.637. The lowest BCUT2D eigenvalue weighted by molar-refractivity contribution is -0.385. The Hall–Kier alpha value is -3.10. The number of nitrogens with zero attached hydrogens (tertiary/aromatic N) is 3. The topological polar surface area (TPSA) is 75.9 Å². The molecular formula is C25H28FN3O4. The number of likely N-dealkylation sites (tertiary alicyclic amines) is 1. The number of rotatable bonds is 5. The summed E-state index contributed by atoms with van der Waals surface area (Å²) >= 11 is 0. The highest BCUT2D eigenvalue weighted by Crippen LogP contribution is 2.34. The van der Waals surface area contributed by atoms with E-state index in [9.17, 15) is 19.3 Å². The molecule has 33 heavy (non-hydrogen) atoms. The van der Waals surface area contributed by atoms with Gasteiger partial charge in [-0.2, -0.15) is 0 Å².